The Morgan fingerprint density at radius 2 is 0.789 bits per heavy atom. The summed E-state index contributed by atoms with van der Waals surface area (Å²) in [5, 5.41) is 0. The summed E-state index contributed by atoms with van der Waals surface area (Å²) >= 11 is 0. The van der Waals surface area contributed by atoms with Crippen molar-refractivity contribution in [3.05, 3.63) is 59.7 Å². The minimum absolute atomic E-state index is 0. The van der Waals surface area contributed by atoms with Gasteiger partial charge in [0.1, 0.15) is 0 Å². The number of halogens is 2. The van der Waals surface area contributed by atoms with E-state index in [4.69, 9.17) is 0 Å². The summed E-state index contributed by atoms with van der Waals surface area (Å²) in [5.74, 6) is 1.37. The van der Waals surface area contributed by atoms with E-state index in [1.807, 2.05) is 0 Å². The van der Waals surface area contributed by atoms with E-state index in [2.05, 4.69) is 76.2 Å². The molecule has 19 heavy (non-hydrogen) atoms. The molecule has 0 aliphatic heterocycles. The van der Waals surface area contributed by atoms with E-state index >= 15 is 0 Å². The predicted octanol–water partition coefficient (Wildman–Crippen LogP) is -0.937. The van der Waals surface area contributed by atoms with Crippen LogP contribution in [0.25, 0.3) is 0 Å². The van der Waals surface area contributed by atoms with Crippen LogP contribution < -0.4 is 48.0 Å². The molecule has 0 radical (unpaired) electrons. The second-order valence-electron chi connectivity index (χ2n) is 4.75. The monoisotopic (exact) mass is 648 g/mol. The molecule has 0 spiro atoms. The van der Waals surface area contributed by atoms with Crippen molar-refractivity contribution in [3.63, 3.8) is 0 Å². The average molecular weight is 647 g/mol. The summed E-state index contributed by atoms with van der Waals surface area (Å²) in [6.07, 6.45) is 0. The van der Waals surface area contributed by atoms with E-state index in [0.29, 0.717) is 11.8 Å². The van der Waals surface area contributed by atoms with Crippen molar-refractivity contribution in [2.75, 3.05) is 0 Å². The molecule has 0 amide bonds. The van der Waals surface area contributed by atoms with Crippen molar-refractivity contribution in [3.8, 4) is 0 Å². The van der Waals surface area contributed by atoms with Crippen LogP contribution in [0, 0.1) is 0 Å². The zero-order chi connectivity index (χ0) is 12.0. The molecule has 2 rings (SSSR count). The molecule has 0 fully saturated rings. The maximum absolute atomic E-state index is 2.20. The Kier molecular flexibility index (Phi) is 18.4. The second-order valence-corrected chi connectivity index (χ2v) is 4.75. The molecule has 0 aliphatic carbocycles. The van der Waals surface area contributed by atoms with Gasteiger partial charge in [-0.05, 0) is 0 Å². The smallest absolute Gasteiger partial charge is 1.00 e. The Morgan fingerprint density at radius 3 is 0.895 bits per heavy atom. The molecule has 0 unspecified atom stereocenters. The zero-order valence-electron chi connectivity index (χ0n) is 12.0. The molecule has 0 bridgehead atoms. The van der Waals surface area contributed by atoms with Gasteiger partial charge in [0, 0.05) is 0 Å². The fourth-order valence-corrected chi connectivity index (χ4v) is 1.55. The van der Waals surface area contributed by atoms with Crippen LogP contribution in [-0.4, -0.2) is 0 Å². The molecule has 0 aromatic heterocycles. The van der Waals surface area contributed by atoms with Gasteiger partial charge in [-0.15, -0.1) is 0 Å². The van der Waals surface area contributed by atoms with Crippen molar-refractivity contribution in [2.24, 2.45) is 0 Å². The van der Waals surface area contributed by atoms with Gasteiger partial charge in [0.15, 0.2) is 0 Å². The molecular weight excluding hydrogens is 624 g/mol. The van der Waals surface area contributed by atoms with Crippen LogP contribution in [0.15, 0.2) is 48.5 Å². The SMILES string of the molecule is CC(C)[c-]1cccc1.CC(C)[c-]1cccc1.[Hf+4].[I-].[I-]. The minimum Gasteiger partial charge on any atom is -1.00 e. The van der Waals surface area contributed by atoms with Crippen molar-refractivity contribution < 1.29 is 73.8 Å². The van der Waals surface area contributed by atoms with E-state index < -0.39 is 0 Å². The number of hydrogen-bond acceptors (Lipinski definition) is 0. The molecule has 3 heteroatoms. The zero-order valence-corrected chi connectivity index (χ0v) is 19.9. The molecule has 0 heterocycles. The maximum atomic E-state index is 2.20. The van der Waals surface area contributed by atoms with Crippen molar-refractivity contribution >= 4 is 0 Å². The van der Waals surface area contributed by atoms with Crippen LogP contribution in [0.4, 0.5) is 0 Å². The van der Waals surface area contributed by atoms with Gasteiger partial charge in [-0.2, -0.15) is 35.4 Å². The van der Waals surface area contributed by atoms with Crippen LogP contribution in [-0.2, 0) is 25.8 Å². The van der Waals surface area contributed by atoms with E-state index in [1.54, 1.807) is 0 Å². The van der Waals surface area contributed by atoms with Gasteiger partial charge in [-0.1, -0.05) is 39.5 Å². The third-order valence-electron chi connectivity index (χ3n) is 2.71. The third kappa shape index (κ3) is 10.4. The minimum atomic E-state index is 0. The van der Waals surface area contributed by atoms with Gasteiger partial charge in [0.25, 0.3) is 0 Å². The molecule has 0 saturated heterocycles. The topological polar surface area (TPSA) is 0 Å². The molecular formula is C16H22HfI2. The predicted molar refractivity (Wildman–Crippen MR) is 72.2 cm³/mol. The third-order valence-corrected chi connectivity index (χ3v) is 2.71. The summed E-state index contributed by atoms with van der Waals surface area (Å²) in [6.45, 7) is 8.81. The normalized spacial score (nSPS) is 8.74. The first kappa shape index (κ1) is 25.0. The van der Waals surface area contributed by atoms with Gasteiger partial charge < -0.3 is 48.0 Å². The fourth-order valence-electron chi connectivity index (χ4n) is 1.55. The number of rotatable bonds is 2. The van der Waals surface area contributed by atoms with E-state index in [9.17, 15) is 0 Å². The number of hydrogen-bond donors (Lipinski definition) is 0. The van der Waals surface area contributed by atoms with Crippen LogP contribution in [0.2, 0.25) is 0 Å². The quantitative estimate of drug-likeness (QED) is 0.225. The standard InChI is InChI=1S/2C8H11.Hf.2HI/c2*1-7(2)8-5-3-4-6-8;;;/h2*3-7H,1-2H3;;2*1H/q2*-1;+4;;/p-2. The van der Waals surface area contributed by atoms with Gasteiger partial charge in [-0.3, -0.25) is 0 Å². The molecule has 2 aromatic carbocycles. The fraction of sp³-hybridized carbons (Fsp3) is 0.375. The van der Waals surface area contributed by atoms with Gasteiger partial charge in [0.2, 0.25) is 0 Å². The molecule has 2 aromatic rings. The summed E-state index contributed by atoms with van der Waals surface area (Å²) in [5.41, 5.74) is 2.87. The van der Waals surface area contributed by atoms with Crippen LogP contribution in [0.1, 0.15) is 50.7 Å². The summed E-state index contributed by atoms with van der Waals surface area (Å²) in [6, 6.07) is 16.9. The Balaban J connectivity index is -0.000000233. The van der Waals surface area contributed by atoms with E-state index in [1.165, 1.54) is 11.1 Å². The largest absolute Gasteiger partial charge is 4.00 e. The Hall–Kier alpha value is 1.03. The Labute approximate surface area is 171 Å². The molecule has 0 nitrogen and oxygen atoms in total. The van der Waals surface area contributed by atoms with Gasteiger partial charge in [0.05, 0.1) is 0 Å². The van der Waals surface area contributed by atoms with Crippen LogP contribution in [0.5, 0.6) is 0 Å². The van der Waals surface area contributed by atoms with Crippen LogP contribution in [0.3, 0.4) is 0 Å². The molecule has 0 N–H and O–H groups in total. The van der Waals surface area contributed by atoms with Gasteiger partial charge >= 0.3 is 25.8 Å². The van der Waals surface area contributed by atoms with Crippen molar-refractivity contribution in [1.29, 1.82) is 0 Å². The van der Waals surface area contributed by atoms with Gasteiger partial charge in [-0.25, -0.2) is 24.3 Å². The maximum Gasteiger partial charge on any atom is 4.00 e. The molecule has 104 valence electrons. The first-order valence-corrected chi connectivity index (χ1v) is 6.04. The van der Waals surface area contributed by atoms with E-state index in [-0.39, 0.29) is 73.8 Å². The Bertz CT molecular complexity index is 323. The van der Waals surface area contributed by atoms with Crippen LogP contribution >= 0.6 is 0 Å². The Morgan fingerprint density at radius 1 is 0.579 bits per heavy atom. The first-order valence-electron chi connectivity index (χ1n) is 6.04. The second kappa shape index (κ2) is 14.0. The molecule has 0 aliphatic rings. The molecule has 0 saturated carbocycles. The summed E-state index contributed by atoms with van der Waals surface area (Å²) in [7, 11) is 0. The van der Waals surface area contributed by atoms with Crippen molar-refractivity contribution in [1.82, 2.24) is 0 Å². The molecule has 0 atom stereocenters. The summed E-state index contributed by atoms with van der Waals surface area (Å²) < 4.78 is 0. The van der Waals surface area contributed by atoms with E-state index in [0.717, 1.165) is 0 Å². The summed E-state index contributed by atoms with van der Waals surface area (Å²) in [4.78, 5) is 0. The van der Waals surface area contributed by atoms with Crippen molar-refractivity contribution in [2.45, 2.75) is 39.5 Å². The average Bonchev–Trinajstić information content (AvgIpc) is 2.93. The first-order chi connectivity index (χ1) is 7.61.